The summed E-state index contributed by atoms with van der Waals surface area (Å²) in [7, 11) is 1.61. The van der Waals surface area contributed by atoms with E-state index in [0.29, 0.717) is 24.5 Å². The zero-order valence-corrected chi connectivity index (χ0v) is 13.7. The van der Waals surface area contributed by atoms with Gasteiger partial charge in [0, 0.05) is 0 Å². The molecule has 0 spiro atoms. The maximum atomic E-state index is 10.1. The van der Waals surface area contributed by atoms with Gasteiger partial charge in [-0.15, -0.1) is 0 Å². The lowest BCUT2D eigenvalue weighted by Gasteiger charge is -2.20. The zero-order chi connectivity index (χ0) is 16.7. The lowest BCUT2D eigenvalue weighted by atomic mass is 9.99. The second-order valence-corrected chi connectivity index (χ2v) is 5.57. The molecule has 0 unspecified atom stereocenters. The molecular formula is C19H25NO3. The van der Waals surface area contributed by atoms with Crippen LogP contribution in [0.25, 0.3) is 0 Å². The summed E-state index contributed by atoms with van der Waals surface area (Å²) in [6.07, 6.45) is 1.01. The molecular weight excluding hydrogens is 290 g/mol. The van der Waals surface area contributed by atoms with Gasteiger partial charge in [-0.1, -0.05) is 49.7 Å². The van der Waals surface area contributed by atoms with Crippen LogP contribution in [-0.2, 0) is 6.61 Å². The molecule has 4 nitrogen and oxygen atoms in total. The van der Waals surface area contributed by atoms with Crippen molar-refractivity contribution in [1.29, 1.82) is 0 Å². The Labute approximate surface area is 137 Å². The first kappa shape index (κ1) is 17.3. The third-order valence-corrected chi connectivity index (χ3v) is 3.81. The van der Waals surface area contributed by atoms with Crippen LogP contribution in [0.15, 0.2) is 48.5 Å². The van der Waals surface area contributed by atoms with Gasteiger partial charge in [0.1, 0.15) is 6.61 Å². The minimum Gasteiger partial charge on any atom is -0.493 e. The first-order valence-electron chi connectivity index (χ1n) is 7.94. The van der Waals surface area contributed by atoms with Crippen molar-refractivity contribution in [3.05, 3.63) is 59.7 Å². The molecule has 2 rings (SSSR count). The smallest absolute Gasteiger partial charge is 0.161 e. The summed E-state index contributed by atoms with van der Waals surface area (Å²) in [6, 6.07) is 15.1. The lowest BCUT2D eigenvalue weighted by molar-refractivity contribution is 0.134. The van der Waals surface area contributed by atoms with Crippen molar-refractivity contribution in [1.82, 2.24) is 0 Å². The van der Waals surface area contributed by atoms with Gasteiger partial charge in [0.15, 0.2) is 11.5 Å². The molecule has 0 bridgehead atoms. The van der Waals surface area contributed by atoms with Gasteiger partial charge in [-0.3, -0.25) is 0 Å². The SMILES string of the molecule is CCC[C@@H](O)[C@@H](N)c1ccc(OC)c(OCc2ccccc2)c1. The van der Waals surface area contributed by atoms with Crippen molar-refractivity contribution in [2.24, 2.45) is 5.73 Å². The monoisotopic (exact) mass is 315 g/mol. The Morgan fingerprint density at radius 2 is 1.83 bits per heavy atom. The Bertz CT molecular complexity index is 601. The molecule has 0 aliphatic heterocycles. The largest absolute Gasteiger partial charge is 0.493 e. The van der Waals surface area contributed by atoms with Crippen molar-refractivity contribution in [3.63, 3.8) is 0 Å². The van der Waals surface area contributed by atoms with Gasteiger partial charge >= 0.3 is 0 Å². The van der Waals surface area contributed by atoms with E-state index >= 15 is 0 Å². The highest BCUT2D eigenvalue weighted by atomic mass is 16.5. The number of methoxy groups -OCH3 is 1. The highest BCUT2D eigenvalue weighted by Crippen LogP contribution is 2.31. The van der Waals surface area contributed by atoms with Crippen LogP contribution in [0.5, 0.6) is 11.5 Å². The van der Waals surface area contributed by atoms with Gasteiger partial charge in [0.05, 0.1) is 19.3 Å². The van der Waals surface area contributed by atoms with E-state index in [4.69, 9.17) is 15.2 Å². The Morgan fingerprint density at radius 3 is 2.48 bits per heavy atom. The van der Waals surface area contributed by atoms with Crippen molar-refractivity contribution in [2.75, 3.05) is 7.11 Å². The summed E-state index contributed by atoms with van der Waals surface area (Å²) in [6.45, 7) is 2.48. The van der Waals surface area contributed by atoms with E-state index in [0.717, 1.165) is 17.5 Å². The van der Waals surface area contributed by atoms with Crippen LogP contribution in [0.3, 0.4) is 0 Å². The van der Waals surface area contributed by atoms with Crippen molar-refractivity contribution in [3.8, 4) is 11.5 Å². The first-order valence-corrected chi connectivity index (χ1v) is 7.94. The summed E-state index contributed by atoms with van der Waals surface area (Å²) < 4.78 is 11.2. The quantitative estimate of drug-likeness (QED) is 0.783. The van der Waals surface area contributed by atoms with Crippen LogP contribution in [0.2, 0.25) is 0 Å². The molecule has 2 aromatic carbocycles. The van der Waals surface area contributed by atoms with Crippen molar-refractivity contribution in [2.45, 2.75) is 38.5 Å². The maximum absolute atomic E-state index is 10.1. The highest BCUT2D eigenvalue weighted by Gasteiger charge is 2.18. The van der Waals surface area contributed by atoms with Crippen LogP contribution in [0.4, 0.5) is 0 Å². The van der Waals surface area contributed by atoms with Crippen LogP contribution in [0.1, 0.15) is 36.9 Å². The van der Waals surface area contributed by atoms with Crippen LogP contribution >= 0.6 is 0 Å². The predicted octanol–water partition coefficient (Wildman–Crippen LogP) is 3.44. The molecule has 0 aliphatic carbocycles. The van der Waals surface area contributed by atoms with Gasteiger partial charge in [-0.25, -0.2) is 0 Å². The van der Waals surface area contributed by atoms with E-state index in [1.165, 1.54) is 0 Å². The van der Waals surface area contributed by atoms with E-state index in [1.54, 1.807) is 7.11 Å². The molecule has 2 aromatic rings. The standard InChI is InChI=1S/C19H25NO3/c1-3-7-16(21)19(20)15-10-11-17(22-2)18(12-15)23-13-14-8-5-4-6-9-14/h4-6,8-12,16,19,21H,3,7,13,20H2,1-2H3/t16-,19+/m1/s1. The third kappa shape index (κ3) is 4.71. The number of hydrogen-bond donors (Lipinski definition) is 2. The second-order valence-electron chi connectivity index (χ2n) is 5.57. The fourth-order valence-electron chi connectivity index (χ4n) is 2.45. The van der Waals surface area contributed by atoms with Gasteiger partial charge in [-0.2, -0.15) is 0 Å². The molecule has 0 saturated heterocycles. The first-order chi connectivity index (χ1) is 11.2. The minimum atomic E-state index is -0.560. The normalized spacial score (nSPS) is 13.4. The minimum absolute atomic E-state index is 0.431. The van der Waals surface area contributed by atoms with E-state index in [9.17, 15) is 5.11 Å². The molecule has 23 heavy (non-hydrogen) atoms. The molecule has 124 valence electrons. The number of ether oxygens (including phenoxy) is 2. The summed E-state index contributed by atoms with van der Waals surface area (Å²) in [5, 5.41) is 10.1. The molecule has 4 heteroatoms. The van der Waals surface area contributed by atoms with Gasteiger partial charge < -0.3 is 20.3 Å². The van der Waals surface area contributed by atoms with Gasteiger partial charge in [-0.05, 0) is 29.7 Å². The summed E-state index contributed by atoms with van der Waals surface area (Å²) in [5.74, 6) is 1.29. The number of rotatable bonds is 8. The number of nitrogens with two attached hydrogens (primary N) is 1. The maximum Gasteiger partial charge on any atom is 0.161 e. The van der Waals surface area contributed by atoms with Crippen LogP contribution < -0.4 is 15.2 Å². The van der Waals surface area contributed by atoms with Crippen molar-refractivity contribution < 1.29 is 14.6 Å². The van der Waals surface area contributed by atoms with E-state index in [2.05, 4.69) is 0 Å². The Kier molecular flexibility index (Phi) is 6.44. The molecule has 0 amide bonds. The van der Waals surface area contributed by atoms with Gasteiger partial charge in [0.2, 0.25) is 0 Å². The fraction of sp³-hybridized carbons (Fsp3) is 0.368. The third-order valence-electron chi connectivity index (χ3n) is 3.81. The summed E-state index contributed by atoms with van der Waals surface area (Å²) >= 11 is 0. The molecule has 2 atom stereocenters. The van der Waals surface area contributed by atoms with E-state index in [1.807, 2.05) is 55.5 Å². The molecule has 0 aliphatic rings. The Balaban J connectivity index is 2.15. The Hall–Kier alpha value is -2.04. The molecule has 0 fully saturated rings. The molecule has 0 saturated carbocycles. The molecule has 0 aromatic heterocycles. The zero-order valence-electron chi connectivity index (χ0n) is 13.7. The fourth-order valence-corrected chi connectivity index (χ4v) is 2.45. The predicted molar refractivity (Wildman–Crippen MR) is 91.6 cm³/mol. The Morgan fingerprint density at radius 1 is 1.09 bits per heavy atom. The highest BCUT2D eigenvalue weighted by molar-refractivity contribution is 5.44. The van der Waals surface area contributed by atoms with Crippen LogP contribution in [0, 0.1) is 0 Å². The average molecular weight is 315 g/mol. The lowest BCUT2D eigenvalue weighted by Crippen LogP contribution is -2.26. The number of benzene rings is 2. The molecule has 0 radical (unpaired) electrons. The van der Waals surface area contributed by atoms with Crippen LogP contribution in [-0.4, -0.2) is 18.3 Å². The van der Waals surface area contributed by atoms with E-state index < -0.39 is 12.1 Å². The number of aliphatic hydroxyl groups is 1. The molecule has 3 N–H and O–H groups in total. The second kappa shape index (κ2) is 8.56. The van der Waals surface area contributed by atoms with E-state index in [-0.39, 0.29) is 0 Å². The van der Waals surface area contributed by atoms with Crippen molar-refractivity contribution >= 4 is 0 Å². The molecule has 0 heterocycles. The van der Waals surface area contributed by atoms with Gasteiger partial charge in [0.25, 0.3) is 0 Å². The number of hydrogen-bond acceptors (Lipinski definition) is 4. The average Bonchev–Trinajstić information content (AvgIpc) is 2.60. The number of aliphatic hydroxyl groups excluding tert-OH is 1. The summed E-state index contributed by atoms with van der Waals surface area (Å²) in [5.41, 5.74) is 8.07. The topological polar surface area (TPSA) is 64.7 Å². The summed E-state index contributed by atoms with van der Waals surface area (Å²) in [4.78, 5) is 0.